The van der Waals surface area contributed by atoms with E-state index in [0.29, 0.717) is 5.52 Å². The first-order valence-electron chi connectivity index (χ1n) is 10.7. The lowest BCUT2D eigenvalue weighted by Gasteiger charge is -2.35. The summed E-state index contributed by atoms with van der Waals surface area (Å²) in [5.74, 6) is 0. The third-order valence-electron chi connectivity index (χ3n) is 5.35. The molecule has 0 bridgehead atoms. The van der Waals surface area contributed by atoms with Gasteiger partial charge in [0.05, 0.1) is 16.6 Å². The van der Waals surface area contributed by atoms with Gasteiger partial charge in [-0.25, -0.2) is 4.79 Å². The fourth-order valence-corrected chi connectivity index (χ4v) is 3.92. The van der Waals surface area contributed by atoms with Gasteiger partial charge >= 0.3 is 6.09 Å². The number of fused-ring (bicyclic) bond motifs is 1. The molecule has 1 unspecified atom stereocenters. The van der Waals surface area contributed by atoms with Crippen LogP contribution in [0.15, 0.2) is 48.7 Å². The molecule has 4 rings (SSSR count). The van der Waals surface area contributed by atoms with E-state index in [9.17, 15) is 14.9 Å². The van der Waals surface area contributed by atoms with Crippen LogP contribution in [0.4, 0.5) is 21.9 Å². The first kappa shape index (κ1) is 21.6. The van der Waals surface area contributed by atoms with Gasteiger partial charge in [-0.3, -0.25) is 10.1 Å². The fourth-order valence-electron chi connectivity index (χ4n) is 3.92. The number of non-ortho nitro benzene ring substituents is 1. The Hall–Kier alpha value is -3.62. The maximum absolute atomic E-state index is 12.4. The van der Waals surface area contributed by atoms with Crippen LogP contribution in [0.1, 0.15) is 33.6 Å². The number of aromatic nitrogens is 2. The van der Waals surface area contributed by atoms with Crippen molar-refractivity contribution in [3.63, 3.8) is 0 Å². The van der Waals surface area contributed by atoms with Crippen LogP contribution in [0.2, 0.25) is 0 Å². The molecule has 2 aromatic carbocycles. The zero-order chi connectivity index (χ0) is 22.9. The van der Waals surface area contributed by atoms with Crippen LogP contribution in [-0.2, 0) is 4.74 Å². The van der Waals surface area contributed by atoms with Crippen LogP contribution in [0.5, 0.6) is 0 Å². The topological polar surface area (TPSA) is 103 Å². The van der Waals surface area contributed by atoms with Gasteiger partial charge in [0, 0.05) is 48.0 Å². The zero-order valence-corrected chi connectivity index (χ0v) is 18.4. The van der Waals surface area contributed by atoms with Gasteiger partial charge in [0.15, 0.2) is 0 Å². The molecule has 2 heterocycles. The van der Waals surface area contributed by atoms with Crippen molar-refractivity contribution in [2.45, 2.75) is 45.3 Å². The molecule has 9 heteroatoms. The normalized spacial score (nSPS) is 16.7. The highest BCUT2D eigenvalue weighted by Gasteiger charge is 2.22. The summed E-state index contributed by atoms with van der Waals surface area (Å²) in [6, 6.07) is 12.7. The number of nitrogens with one attached hydrogen (secondary N) is 1. The number of hydrogen-bond acceptors (Lipinski definition) is 7. The van der Waals surface area contributed by atoms with Crippen molar-refractivity contribution in [3.05, 3.63) is 58.8 Å². The second kappa shape index (κ2) is 8.49. The number of nitro groups is 1. The Labute approximate surface area is 186 Å². The molecule has 0 aliphatic carbocycles. The Kier molecular flexibility index (Phi) is 5.73. The molecular weight excluding hydrogens is 410 g/mol. The lowest BCUT2D eigenvalue weighted by atomic mass is 10.0. The summed E-state index contributed by atoms with van der Waals surface area (Å²) < 4.78 is 6.70. The van der Waals surface area contributed by atoms with Gasteiger partial charge in [0.1, 0.15) is 5.60 Å². The summed E-state index contributed by atoms with van der Waals surface area (Å²) in [7, 11) is 0. The van der Waals surface area contributed by atoms with Crippen molar-refractivity contribution in [2.75, 3.05) is 23.3 Å². The Balaban J connectivity index is 1.45. The largest absolute Gasteiger partial charge is 0.442 e. The summed E-state index contributed by atoms with van der Waals surface area (Å²) >= 11 is 0. The van der Waals surface area contributed by atoms with Gasteiger partial charge in [-0.05, 0) is 63.9 Å². The van der Waals surface area contributed by atoms with Crippen LogP contribution in [0.3, 0.4) is 0 Å². The minimum atomic E-state index is -0.590. The summed E-state index contributed by atoms with van der Waals surface area (Å²) in [5.41, 5.74) is 2.14. The van der Waals surface area contributed by atoms with Gasteiger partial charge in [-0.15, -0.1) is 0 Å². The maximum atomic E-state index is 12.4. The molecular formula is C23H27N5O4. The van der Waals surface area contributed by atoms with Gasteiger partial charge in [0.25, 0.3) is 5.69 Å². The molecule has 0 amide bonds. The van der Waals surface area contributed by atoms with Gasteiger partial charge in [-0.1, -0.05) is 0 Å². The number of carbonyl (C=O) groups excluding carboxylic acids is 1. The number of rotatable bonds is 4. The molecule has 0 spiro atoms. The molecule has 9 nitrogen and oxygen atoms in total. The minimum Gasteiger partial charge on any atom is -0.442 e. The van der Waals surface area contributed by atoms with Crippen molar-refractivity contribution in [1.82, 2.24) is 9.78 Å². The lowest BCUT2D eigenvalue weighted by Crippen LogP contribution is -2.42. The van der Waals surface area contributed by atoms with Gasteiger partial charge in [0.2, 0.25) is 0 Å². The van der Waals surface area contributed by atoms with E-state index in [2.05, 4.69) is 15.3 Å². The number of anilines is 2. The van der Waals surface area contributed by atoms with Crippen molar-refractivity contribution in [2.24, 2.45) is 0 Å². The van der Waals surface area contributed by atoms with E-state index in [0.717, 1.165) is 42.7 Å². The third-order valence-corrected chi connectivity index (χ3v) is 5.35. The quantitative estimate of drug-likeness (QED) is 0.461. The molecule has 1 saturated heterocycles. The Morgan fingerprint density at radius 3 is 2.66 bits per heavy atom. The van der Waals surface area contributed by atoms with Gasteiger partial charge < -0.3 is 15.0 Å². The Morgan fingerprint density at radius 1 is 1.22 bits per heavy atom. The molecule has 1 aliphatic heterocycles. The highest BCUT2D eigenvalue weighted by atomic mass is 16.6. The molecule has 1 atom stereocenters. The Morgan fingerprint density at radius 2 is 1.97 bits per heavy atom. The standard InChI is InChI=1S/C23H27N5O4/c1-23(2,3)32-22(29)27-21-11-6-17(13-16(21)14-24-27)25-18-5-4-12-26(15-18)19-7-9-20(10-8-19)28(30)31/h6-11,13-14,18,25H,4-5,12,15H2,1-3H3. The van der Waals surface area contributed by atoms with Crippen LogP contribution in [0.25, 0.3) is 10.9 Å². The number of nitrogens with zero attached hydrogens (tertiary/aromatic N) is 4. The lowest BCUT2D eigenvalue weighted by molar-refractivity contribution is -0.384. The monoisotopic (exact) mass is 437 g/mol. The molecule has 32 heavy (non-hydrogen) atoms. The number of carbonyl (C=O) groups is 1. The molecule has 1 aromatic heterocycles. The zero-order valence-electron chi connectivity index (χ0n) is 18.4. The number of benzene rings is 2. The SMILES string of the molecule is CC(C)(C)OC(=O)n1ncc2cc(NC3CCCN(c4ccc([N+](=O)[O-])cc4)C3)ccc21. The second-order valence-electron chi connectivity index (χ2n) is 9.01. The smallest absolute Gasteiger partial charge is 0.435 e. The summed E-state index contributed by atoms with van der Waals surface area (Å²) in [5, 5.41) is 19.5. The predicted molar refractivity (Wildman–Crippen MR) is 123 cm³/mol. The van der Waals surface area contributed by atoms with Crippen LogP contribution in [-0.4, -0.2) is 45.5 Å². The van der Waals surface area contributed by atoms with E-state index in [-0.39, 0.29) is 16.7 Å². The predicted octanol–water partition coefficient (Wildman–Crippen LogP) is 4.81. The molecule has 168 valence electrons. The molecule has 1 fully saturated rings. The van der Waals surface area contributed by atoms with E-state index in [1.807, 2.05) is 39.0 Å². The summed E-state index contributed by atoms with van der Waals surface area (Å²) in [4.78, 5) is 25.1. The molecule has 1 N–H and O–H groups in total. The van der Waals surface area contributed by atoms with Crippen LogP contribution in [0, 0.1) is 10.1 Å². The number of piperidine rings is 1. The van der Waals surface area contributed by atoms with Crippen LogP contribution >= 0.6 is 0 Å². The van der Waals surface area contributed by atoms with E-state index < -0.39 is 11.7 Å². The summed E-state index contributed by atoms with van der Waals surface area (Å²) in [6.07, 6.45) is 3.21. The average molecular weight is 438 g/mol. The maximum Gasteiger partial charge on any atom is 0.435 e. The molecule has 3 aromatic rings. The molecule has 1 aliphatic rings. The fraction of sp³-hybridized carbons (Fsp3) is 0.391. The highest BCUT2D eigenvalue weighted by Crippen LogP contribution is 2.26. The third kappa shape index (κ3) is 4.82. The number of hydrogen-bond donors (Lipinski definition) is 1. The number of nitro benzene ring substituents is 1. The van der Waals surface area contributed by atoms with Crippen molar-refractivity contribution >= 4 is 34.1 Å². The van der Waals surface area contributed by atoms with Crippen molar-refractivity contribution < 1.29 is 14.5 Å². The molecule has 0 saturated carbocycles. The van der Waals surface area contributed by atoms with E-state index in [1.54, 1.807) is 30.5 Å². The van der Waals surface area contributed by atoms with E-state index in [1.165, 1.54) is 4.68 Å². The molecule has 0 radical (unpaired) electrons. The first-order chi connectivity index (χ1) is 15.2. The first-order valence-corrected chi connectivity index (χ1v) is 10.7. The highest BCUT2D eigenvalue weighted by molar-refractivity contribution is 5.89. The second-order valence-corrected chi connectivity index (χ2v) is 9.01. The van der Waals surface area contributed by atoms with Crippen LogP contribution < -0.4 is 10.2 Å². The Bertz CT molecular complexity index is 1130. The van der Waals surface area contributed by atoms with Crippen molar-refractivity contribution in [1.29, 1.82) is 0 Å². The minimum absolute atomic E-state index is 0.0978. The van der Waals surface area contributed by atoms with E-state index in [4.69, 9.17) is 4.74 Å². The number of ether oxygens (including phenoxy) is 1. The van der Waals surface area contributed by atoms with E-state index >= 15 is 0 Å². The van der Waals surface area contributed by atoms with Gasteiger partial charge in [-0.2, -0.15) is 9.78 Å². The summed E-state index contributed by atoms with van der Waals surface area (Å²) in [6.45, 7) is 7.18. The van der Waals surface area contributed by atoms with Crippen molar-refractivity contribution in [3.8, 4) is 0 Å². The average Bonchev–Trinajstić information content (AvgIpc) is 3.16.